The third kappa shape index (κ3) is 4.92. The number of nitrogens with one attached hydrogen (secondary N) is 2. The van der Waals surface area contributed by atoms with Gasteiger partial charge in [0.25, 0.3) is 5.91 Å². The van der Waals surface area contributed by atoms with Crippen LogP contribution in [0.3, 0.4) is 0 Å². The van der Waals surface area contributed by atoms with Gasteiger partial charge in [-0.25, -0.2) is 13.1 Å². The van der Waals surface area contributed by atoms with Crippen LogP contribution in [-0.4, -0.2) is 20.9 Å². The highest BCUT2D eigenvalue weighted by Crippen LogP contribution is 2.14. The normalized spacial score (nSPS) is 10.5. The van der Waals surface area contributed by atoms with Gasteiger partial charge < -0.3 is 5.32 Å². The summed E-state index contributed by atoms with van der Waals surface area (Å²) in [6, 6.07) is 14.2. The Morgan fingerprint density at radius 1 is 1.16 bits per heavy atom. The molecule has 0 aliphatic carbocycles. The van der Waals surface area contributed by atoms with Crippen molar-refractivity contribution in [2.45, 2.75) is 11.3 Å². The molecular weight excluding hydrogens is 338 g/mol. The number of sulfonamides is 1. The van der Waals surface area contributed by atoms with Crippen LogP contribution in [0.25, 0.3) is 0 Å². The molecule has 2 N–H and O–H groups in total. The number of carbonyl (C=O) groups is 1. The van der Waals surface area contributed by atoms with E-state index in [4.69, 9.17) is 11.7 Å². The molecule has 1 amide bonds. The molecule has 0 fully saturated rings. The van der Waals surface area contributed by atoms with E-state index in [1.54, 1.807) is 24.3 Å². The van der Waals surface area contributed by atoms with Crippen molar-refractivity contribution >= 4 is 21.6 Å². The van der Waals surface area contributed by atoms with Crippen molar-refractivity contribution in [2.75, 3.05) is 11.9 Å². The van der Waals surface area contributed by atoms with Gasteiger partial charge in [-0.3, -0.25) is 4.79 Å². The third-order valence-electron chi connectivity index (χ3n) is 3.24. The van der Waals surface area contributed by atoms with Crippen LogP contribution in [0.1, 0.15) is 22.3 Å². The molecule has 0 aliphatic rings. The zero-order valence-corrected chi connectivity index (χ0v) is 14.0. The average molecular weight is 353 g/mol. The molecule has 0 spiro atoms. The molecule has 0 heterocycles. The summed E-state index contributed by atoms with van der Waals surface area (Å²) in [5, 5.41) is 11.1. The number of hydrogen-bond donors (Lipinski definition) is 2. The number of nitrogens with zero attached hydrogens (tertiary/aromatic N) is 1. The van der Waals surface area contributed by atoms with Crippen LogP contribution in [0.5, 0.6) is 0 Å². The molecule has 0 saturated heterocycles. The first-order chi connectivity index (χ1) is 12.0. The van der Waals surface area contributed by atoms with Crippen LogP contribution >= 0.6 is 0 Å². The molecule has 0 atom stereocenters. The molecule has 0 aliphatic heterocycles. The minimum atomic E-state index is -3.70. The predicted molar refractivity (Wildman–Crippen MR) is 94.2 cm³/mol. The Hall–Kier alpha value is -3.13. The summed E-state index contributed by atoms with van der Waals surface area (Å²) in [5.41, 5.74) is 1.50. The topological polar surface area (TPSA) is 99.1 Å². The van der Waals surface area contributed by atoms with Crippen LogP contribution < -0.4 is 10.0 Å². The average Bonchev–Trinajstić information content (AvgIpc) is 2.62. The third-order valence-corrected chi connectivity index (χ3v) is 4.72. The van der Waals surface area contributed by atoms with Crippen molar-refractivity contribution in [3.8, 4) is 18.4 Å². The van der Waals surface area contributed by atoms with Crippen LogP contribution in [0.2, 0.25) is 0 Å². The van der Waals surface area contributed by atoms with E-state index in [9.17, 15) is 13.2 Å². The van der Waals surface area contributed by atoms with E-state index in [-0.39, 0.29) is 23.8 Å². The van der Waals surface area contributed by atoms with Gasteiger partial charge in [-0.2, -0.15) is 5.26 Å². The molecular formula is C18H15N3O3S. The number of terminal acetylenes is 1. The lowest BCUT2D eigenvalue weighted by molar-refractivity contribution is 0.102. The van der Waals surface area contributed by atoms with E-state index in [1.165, 1.54) is 24.3 Å². The van der Waals surface area contributed by atoms with Crippen LogP contribution in [0, 0.1) is 23.7 Å². The summed E-state index contributed by atoms with van der Waals surface area (Å²) >= 11 is 0. The highest BCUT2D eigenvalue weighted by Gasteiger charge is 2.14. The van der Waals surface area contributed by atoms with Gasteiger partial charge in [-0.15, -0.1) is 6.42 Å². The first kappa shape index (κ1) is 18.2. The fraction of sp³-hybridized carbons (Fsp3) is 0.111. The fourth-order valence-electron chi connectivity index (χ4n) is 2.00. The predicted octanol–water partition coefficient (Wildman–Crippen LogP) is 2.11. The summed E-state index contributed by atoms with van der Waals surface area (Å²) in [5.74, 6) is 2.10. The summed E-state index contributed by atoms with van der Waals surface area (Å²) in [6.45, 7) is 0.0343. The van der Waals surface area contributed by atoms with Crippen molar-refractivity contribution in [1.29, 1.82) is 5.26 Å². The SMILES string of the molecule is C#Cc1cccc(NC(=O)c2ccc(S(=O)(=O)NCCC#N)cc2)c1. The van der Waals surface area contributed by atoms with Gasteiger partial charge in [0.1, 0.15) is 0 Å². The molecule has 7 heteroatoms. The van der Waals surface area contributed by atoms with Crippen LogP contribution in [0.15, 0.2) is 53.4 Å². The number of anilines is 1. The first-order valence-corrected chi connectivity index (χ1v) is 8.79. The molecule has 6 nitrogen and oxygen atoms in total. The van der Waals surface area contributed by atoms with Crippen molar-refractivity contribution in [3.63, 3.8) is 0 Å². The number of amides is 1. The number of nitriles is 1. The van der Waals surface area contributed by atoms with Crippen molar-refractivity contribution in [1.82, 2.24) is 4.72 Å². The van der Waals surface area contributed by atoms with E-state index in [0.29, 0.717) is 16.8 Å². The molecule has 126 valence electrons. The lowest BCUT2D eigenvalue weighted by atomic mass is 10.2. The maximum absolute atomic E-state index is 12.2. The van der Waals surface area contributed by atoms with Gasteiger partial charge in [0.15, 0.2) is 0 Å². The Morgan fingerprint density at radius 3 is 2.52 bits per heavy atom. The lowest BCUT2D eigenvalue weighted by Gasteiger charge is -2.08. The van der Waals surface area contributed by atoms with Gasteiger partial charge in [-0.05, 0) is 42.5 Å². The summed E-state index contributed by atoms with van der Waals surface area (Å²) in [7, 11) is -3.70. The highest BCUT2D eigenvalue weighted by molar-refractivity contribution is 7.89. The van der Waals surface area contributed by atoms with Gasteiger partial charge in [-0.1, -0.05) is 12.0 Å². The molecule has 0 unspecified atom stereocenters. The number of rotatable bonds is 6. The summed E-state index contributed by atoms with van der Waals surface area (Å²) < 4.78 is 26.3. The standard InChI is InChI=1S/C18H15N3O3S/c1-2-14-5-3-6-16(13-14)21-18(22)15-7-9-17(10-8-15)25(23,24)20-12-4-11-19/h1,3,5-10,13,20H,4,12H2,(H,21,22). The van der Waals surface area contributed by atoms with Crippen molar-refractivity contribution in [2.24, 2.45) is 0 Å². The molecule has 0 radical (unpaired) electrons. The summed E-state index contributed by atoms with van der Waals surface area (Å²) in [4.78, 5) is 12.2. The zero-order chi connectivity index (χ0) is 18.3. The minimum Gasteiger partial charge on any atom is -0.322 e. The van der Waals surface area contributed by atoms with Gasteiger partial charge in [0.2, 0.25) is 10.0 Å². The van der Waals surface area contributed by atoms with Crippen molar-refractivity contribution in [3.05, 3.63) is 59.7 Å². The molecule has 0 bridgehead atoms. The van der Waals surface area contributed by atoms with Crippen LogP contribution in [-0.2, 0) is 10.0 Å². The largest absolute Gasteiger partial charge is 0.322 e. The van der Waals surface area contributed by atoms with Crippen molar-refractivity contribution < 1.29 is 13.2 Å². The maximum atomic E-state index is 12.2. The molecule has 0 saturated carbocycles. The Bertz CT molecular complexity index is 952. The van der Waals surface area contributed by atoms with E-state index >= 15 is 0 Å². The molecule has 2 aromatic rings. The second-order valence-electron chi connectivity index (χ2n) is 5.01. The van der Waals surface area contributed by atoms with E-state index in [2.05, 4.69) is 16.0 Å². The number of hydrogen-bond acceptors (Lipinski definition) is 4. The molecule has 2 rings (SSSR count). The number of carbonyl (C=O) groups excluding carboxylic acids is 1. The molecule has 25 heavy (non-hydrogen) atoms. The monoisotopic (exact) mass is 353 g/mol. The number of benzene rings is 2. The van der Waals surface area contributed by atoms with Crippen LogP contribution in [0.4, 0.5) is 5.69 Å². The maximum Gasteiger partial charge on any atom is 0.255 e. The van der Waals surface area contributed by atoms with E-state index < -0.39 is 10.0 Å². The Kier molecular flexibility index (Phi) is 5.91. The van der Waals surface area contributed by atoms with Gasteiger partial charge in [0, 0.05) is 29.8 Å². The van der Waals surface area contributed by atoms with E-state index in [0.717, 1.165) is 0 Å². The molecule has 2 aromatic carbocycles. The second kappa shape index (κ2) is 8.11. The smallest absolute Gasteiger partial charge is 0.255 e. The first-order valence-electron chi connectivity index (χ1n) is 7.31. The highest BCUT2D eigenvalue weighted by atomic mass is 32.2. The summed E-state index contributed by atoms with van der Waals surface area (Å²) in [6.07, 6.45) is 5.40. The Labute approximate surface area is 146 Å². The minimum absolute atomic E-state index is 0.0244. The Balaban J connectivity index is 2.10. The quantitative estimate of drug-likeness (QED) is 0.614. The van der Waals surface area contributed by atoms with Gasteiger partial charge >= 0.3 is 0 Å². The second-order valence-corrected chi connectivity index (χ2v) is 6.78. The Morgan fingerprint density at radius 2 is 1.88 bits per heavy atom. The van der Waals surface area contributed by atoms with E-state index in [1.807, 2.05) is 6.07 Å². The lowest BCUT2D eigenvalue weighted by Crippen LogP contribution is -2.24. The molecule has 0 aromatic heterocycles. The fourth-order valence-corrected chi connectivity index (χ4v) is 3.03. The van der Waals surface area contributed by atoms with Gasteiger partial charge in [0.05, 0.1) is 11.0 Å². The zero-order valence-electron chi connectivity index (χ0n) is 13.2.